The van der Waals surface area contributed by atoms with Crippen molar-refractivity contribution in [2.45, 2.75) is 152 Å². The van der Waals surface area contributed by atoms with E-state index in [0.717, 1.165) is 27.8 Å². The highest BCUT2D eigenvalue weighted by Crippen LogP contribution is 2.46. The second-order valence-electron chi connectivity index (χ2n) is 19.2. The van der Waals surface area contributed by atoms with Gasteiger partial charge in [-0.1, -0.05) is 127 Å². The number of rotatable bonds is 5. The van der Waals surface area contributed by atoms with Gasteiger partial charge in [-0.25, -0.2) is 4.79 Å². The molecule has 1 aliphatic carbocycles. The Morgan fingerprint density at radius 2 is 1.24 bits per heavy atom. The fourth-order valence-electron chi connectivity index (χ4n) is 6.12. The SMILES string of the molecule is Cc1cc(C(C)(C)C)c(OC(=O)c2cc(C(C)(C)C)c(O)c(C(C)(C)C)c2)c(C)c1CSC(=O)C1=CC(O)(C(C)(C)C)C=C(C(C)(C)C)C1. The minimum absolute atomic E-state index is 0.0664. The molecule has 1 unspecified atom stereocenters. The average molecular weight is 691 g/mol. The molecule has 1 aliphatic rings. The van der Waals surface area contributed by atoms with E-state index in [1.807, 2.05) is 82.2 Å². The van der Waals surface area contributed by atoms with Gasteiger partial charge in [0.15, 0.2) is 0 Å². The molecule has 2 N–H and O–H groups in total. The zero-order chi connectivity index (χ0) is 37.9. The van der Waals surface area contributed by atoms with Crippen LogP contribution in [0, 0.1) is 24.7 Å². The summed E-state index contributed by atoms with van der Waals surface area (Å²) < 4.78 is 6.33. The van der Waals surface area contributed by atoms with Crippen LogP contribution in [0.3, 0.4) is 0 Å². The Morgan fingerprint density at radius 3 is 1.67 bits per heavy atom. The molecule has 0 aliphatic heterocycles. The Kier molecular flexibility index (Phi) is 11.1. The number of thioether (sulfide) groups is 1. The van der Waals surface area contributed by atoms with E-state index in [0.29, 0.717) is 40.2 Å². The third kappa shape index (κ3) is 8.92. The summed E-state index contributed by atoms with van der Waals surface area (Å²) in [5.74, 6) is 0.623. The maximum absolute atomic E-state index is 14.0. The summed E-state index contributed by atoms with van der Waals surface area (Å²) in [7, 11) is 0. The number of carbonyl (C=O) groups is 2. The maximum atomic E-state index is 14.0. The number of esters is 1. The third-order valence-electron chi connectivity index (χ3n) is 9.78. The lowest BCUT2D eigenvalue weighted by Gasteiger charge is -2.41. The van der Waals surface area contributed by atoms with E-state index in [-0.39, 0.29) is 21.7 Å². The lowest BCUT2D eigenvalue weighted by Crippen LogP contribution is -2.42. The molecule has 6 heteroatoms. The number of hydrogen-bond acceptors (Lipinski definition) is 6. The van der Waals surface area contributed by atoms with Crippen LogP contribution in [-0.4, -0.2) is 26.9 Å². The van der Waals surface area contributed by atoms with Crippen molar-refractivity contribution >= 4 is 22.8 Å². The van der Waals surface area contributed by atoms with Gasteiger partial charge < -0.3 is 14.9 Å². The Balaban J connectivity index is 2.06. The Labute approximate surface area is 301 Å². The summed E-state index contributed by atoms with van der Waals surface area (Å²) >= 11 is 1.22. The molecule has 0 spiro atoms. The van der Waals surface area contributed by atoms with E-state index in [9.17, 15) is 19.8 Å². The van der Waals surface area contributed by atoms with Crippen LogP contribution in [-0.2, 0) is 26.8 Å². The number of allylic oxidation sites excluding steroid dienone is 1. The Hall–Kier alpha value is -2.83. The highest BCUT2D eigenvalue weighted by atomic mass is 32.2. The molecular weight excluding hydrogens is 629 g/mol. The second kappa shape index (κ2) is 13.4. The molecule has 0 bridgehead atoms. The van der Waals surface area contributed by atoms with E-state index in [2.05, 4.69) is 47.6 Å². The van der Waals surface area contributed by atoms with E-state index >= 15 is 0 Å². The van der Waals surface area contributed by atoms with Crippen molar-refractivity contribution in [2.24, 2.45) is 10.8 Å². The summed E-state index contributed by atoms with van der Waals surface area (Å²) in [6.07, 6.45) is 4.19. The highest BCUT2D eigenvalue weighted by Gasteiger charge is 2.41. The predicted molar refractivity (Wildman–Crippen MR) is 206 cm³/mol. The van der Waals surface area contributed by atoms with Gasteiger partial charge in [0.2, 0.25) is 5.12 Å². The molecular formula is C43H62O5S. The first-order valence-electron chi connectivity index (χ1n) is 17.5. The lowest BCUT2D eigenvalue weighted by atomic mass is 9.68. The van der Waals surface area contributed by atoms with E-state index in [4.69, 9.17) is 4.74 Å². The van der Waals surface area contributed by atoms with Crippen molar-refractivity contribution in [2.75, 3.05) is 0 Å². The Bertz CT molecular complexity index is 1650. The monoisotopic (exact) mass is 690 g/mol. The van der Waals surface area contributed by atoms with Gasteiger partial charge in [-0.05, 0) is 88.3 Å². The number of phenolic OH excluding ortho intramolecular Hbond substituents is 1. The van der Waals surface area contributed by atoms with Crippen LogP contribution < -0.4 is 4.74 Å². The minimum atomic E-state index is -1.24. The summed E-state index contributed by atoms with van der Waals surface area (Å²) in [5, 5.41) is 22.9. The molecule has 0 saturated carbocycles. The number of hydrogen-bond donors (Lipinski definition) is 2. The first-order chi connectivity index (χ1) is 21.9. The van der Waals surface area contributed by atoms with Gasteiger partial charge in [-0.2, -0.15) is 0 Å². The highest BCUT2D eigenvalue weighted by molar-refractivity contribution is 8.13. The number of ether oxygens (including phenoxy) is 1. The van der Waals surface area contributed by atoms with E-state index < -0.39 is 27.8 Å². The van der Waals surface area contributed by atoms with Crippen LogP contribution >= 0.6 is 11.8 Å². The van der Waals surface area contributed by atoms with Crippen LogP contribution in [0.15, 0.2) is 41.5 Å². The second-order valence-corrected chi connectivity index (χ2v) is 20.1. The number of aryl methyl sites for hydroxylation is 1. The summed E-state index contributed by atoms with van der Waals surface area (Å²) in [6.45, 7) is 34.7. The number of benzene rings is 2. The number of carbonyl (C=O) groups excluding carboxylic acids is 2. The molecule has 0 amide bonds. The van der Waals surface area contributed by atoms with E-state index in [1.54, 1.807) is 18.2 Å². The summed E-state index contributed by atoms with van der Waals surface area (Å²) in [4.78, 5) is 27.9. The molecule has 270 valence electrons. The standard InChI is InChI=1S/C43H62O5S/c1-25-18-33(41(12,13)14)35(48-36(45)27-20-31(39(6,7)8)34(44)32(21-27)40(9,10)11)26(2)30(25)24-49-37(46)28-19-29(38(3,4)5)23-43(47,22-28)42(15,16)17/h18,20-23,44,47H,19,24H2,1-17H3. The topological polar surface area (TPSA) is 83.8 Å². The number of aromatic hydroxyl groups is 1. The molecule has 1 atom stereocenters. The van der Waals surface area contributed by atoms with Crippen molar-refractivity contribution in [1.82, 2.24) is 0 Å². The van der Waals surface area contributed by atoms with Crippen LogP contribution in [0.5, 0.6) is 11.5 Å². The van der Waals surface area contributed by atoms with Gasteiger partial charge in [0, 0.05) is 28.0 Å². The predicted octanol–water partition coefficient (Wildman–Crippen LogP) is 11.0. The quantitative estimate of drug-likeness (QED) is 0.185. The summed E-state index contributed by atoms with van der Waals surface area (Å²) in [6, 6.07) is 5.58. The van der Waals surface area contributed by atoms with Gasteiger partial charge in [-0.3, -0.25) is 4.79 Å². The molecule has 0 heterocycles. The minimum Gasteiger partial charge on any atom is -0.507 e. The molecule has 2 aromatic rings. The van der Waals surface area contributed by atoms with Crippen LogP contribution in [0.25, 0.3) is 0 Å². The van der Waals surface area contributed by atoms with Crippen molar-refractivity contribution in [3.05, 3.63) is 80.4 Å². The van der Waals surface area contributed by atoms with Gasteiger partial charge >= 0.3 is 5.97 Å². The molecule has 0 fully saturated rings. The smallest absolute Gasteiger partial charge is 0.343 e. The van der Waals surface area contributed by atoms with Gasteiger partial charge in [-0.15, -0.1) is 0 Å². The fraction of sp³-hybridized carbons (Fsp3) is 0.581. The largest absolute Gasteiger partial charge is 0.507 e. The van der Waals surface area contributed by atoms with Crippen molar-refractivity contribution in [3.8, 4) is 11.5 Å². The van der Waals surface area contributed by atoms with Crippen LogP contribution in [0.4, 0.5) is 0 Å². The maximum Gasteiger partial charge on any atom is 0.343 e. The first-order valence-corrected chi connectivity index (χ1v) is 18.4. The molecule has 2 aromatic carbocycles. The van der Waals surface area contributed by atoms with Gasteiger partial charge in [0.1, 0.15) is 17.1 Å². The van der Waals surface area contributed by atoms with Gasteiger partial charge in [0.25, 0.3) is 0 Å². The number of aliphatic hydroxyl groups is 1. The first kappa shape index (κ1) is 40.6. The van der Waals surface area contributed by atoms with Crippen molar-refractivity contribution in [3.63, 3.8) is 0 Å². The lowest BCUT2D eigenvalue weighted by molar-refractivity contribution is -0.108. The van der Waals surface area contributed by atoms with Crippen LogP contribution in [0.1, 0.15) is 154 Å². The molecule has 0 saturated heterocycles. The van der Waals surface area contributed by atoms with Crippen LogP contribution in [0.2, 0.25) is 0 Å². The average Bonchev–Trinajstić information content (AvgIpc) is 2.90. The number of phenols is 1. The van der Waals surface area contributed by atoms with E-state index in [1.165, 1.54) is 11.8 Å². The molecule has 0 radical (unpaired) electrons. The molecule has 49 heavy (non-hydrogen) atoms. The fourth-order valence-corrected chi connectivity index (χ4v) is 7.15. The normalized spacial score (nSPS) is 17.8. The summed E-state index contributed by atoms with van der Waals surface area (Å²) in [5.41, 5.74) is 4.09. The zero-order valence-electron chi connectivity index (χ0n) is 33.3. The molecule has 0 aromatic heterocycles. The van der Waals surface area contributed by atoms with Gasteiger partial charge in [0.05, 0.1) is 5.56 Å². The Morgan fingerprint density at radius 1 is 0.755 bits per heavy atom. The molecule has 5 nitrogen and oxygen atoms in total. The van der Waals surface area contributed by atoms with Crippen molar-refractivity contribution in [1.29, 1.82) is 0 Å². The van der Waals surface area contributed by atoms with Crippen molar-refractivity contribution < 1.29 is 24.5 Å². The third-order valence-corrected chi connectivity index (χ3v) is 10.7. The molecule has 3 rings (SSSR count). The zero-order valence-corrected chi connectivity index (χ0v) is 34.1.